The fourth-order valence-electron chi connectivity index (χ4n) is 3.06. The third-order valence-electron chi connectivity index (χ3n) is 4.64. The van der Waals surface area contributed by atoms with Gasteiger partial charge in [-0.3, -0.25) is 9.59 Å². The van der Waals surface area contributed by atoms with Gasteiger partial charge in [-0.2, -0.15) is 0 Å². The van der Waals surface area contributed by atoms with Gasteiger partial charge in [0.1, 0.15) is 5.82 Å². The minimum atomic E-state index is -0.322. The smallest absolute Gasteiger partial charge is 0.227 e. The van der Waals surface area contributed by atoms with Crippen LogP contribution in [0.25, 0.3) is 0 Å². The molecule has 0 N–H and O–H groups in total. The summed E-state index contributed by atoms with van der Waals surface area (Å²) in [6, 6.07) is 11.1. The highest BCUT2D eigenvalue weighted by Crippen LogP contribution is 2.25. The minimum Gasteiger partial charge on any atom is -0.339 e. The van der Waals surface area contributed by atoms with Crippen molar-refractivity contribution in [2.24, 2.45) is 0 Å². The summed E-state index contributed by atoms with van der Waals surface area (Å²) >= 11 is 12.3. The van der Waals surface area contributed by atoms with E-state index in [2.05, 4.69) is 0 Å². The van der Waals surface area contributed by atoms with Crippen LogP contribution in [0.1, 0.15) is 11.1 Å². The Morgan fingerprint density at radius 3 is 1.81 bits per heavy atom. The molecule has 142 valence electrons. The second kappa shape index (κ2) is 8.72. The molecule has 0 unspecified atom stereocenters. The van der Waals surface area contributed by atoms with Gasteiger partial charge in [0.05, 0.1) is 12.8 Å². The molecule has 1 heterocycles. The van der Waals surface area contributed by atoms with E-state index in [4.69, 9.17) is 23.2 Å². The minimum absolute atomic E-state index is 0.0251. The highest BCUT2D eigenvalue weighted by Gasteiger charge is 2.25. The maximum atomic E-state index is 13.0. The maximum Gasteiger partial charge on any atom is 0.227 e. The Morgan fingerprint density at radius 1 is 0.815 bits per heavy atom. The monoisotopic (exact) mass is 408 g/mol. The zero-order valence-corrected chi connectivity index (χ0v) is 16.1. The van der Waals surface area contributed by atoms with Crippen LogP contribution in [0.5, 0.6) is 0 Å². The first kappa shape index (κ1) is 19.6. The molecule has 0 spiro atoms. The first-order valence-electron chi connectivity index (χ1n) is 8.67. The lowest BCUT2D eigenvalue weighted by Gasteiger charge is -2.35. The van der Waals surface area contributed by atoms with Gasteiger partial charge in [-0.1, -0.05) is 41.4 Å². The number of piperazine rings is 1. The Labute approximate surface area is 167 Å². The molecular formula is C20H19Cl2FN2O2. The molecule has 2 aromatic rings. The topological polar surface area (TPSA) is 40.6 Å². The Hall–Kier alpha value is -2.11. The van der Waals surface area contributed by atoms with Crippen LogP contribution in [0.3, 0.4) is 0 Å². The van der Waals surface area contributed by atoms with Crippen LogP contribution in [0.4, 0.5) is 4.39 Å². The highest BCUT2D eigenvalue weighted by molar-refractivity contribution is 6.36. The quantitative estimate of drug-likeness (QED) is 0.775. The molecule has 0 aliphatic carbocycles. The van der Waals surface area contributed by atoms with Gasteiger partial charge in [-0.25, -0.2) is 4.39 Å². The number of hydrogen-bond acceptors (Lipinski definition) is 2. The molecule has 0 aromatic heterocycles. The number of rotatable bonds is 4. The fourth-order valence-corrected chi connectivity index (χ4v) is 3.59. The van der Waals surface area contributed by atoms with Gasteiger partial charge in [-0.05, 0) is 35.4 Å². The summed E-state index contributed by atoms with van der Waals surface area (Å²) in [5, 5.41) is 0.952. The number of halogens is 3. The molecule has 1 aliphatic heterocycles. The number of nitrogens with zero attached hydrogens (tertiary/aromatic N) is 2. The van der Waals surface area contributed by atoms with Gasteiger partial charge in [-0.15, -0.1) is 0 Å². The highest BCUT2D eigenvalue weighted by atomic mass is 35.5. The number of amides is 2. The van der Waals surface area contributed by atoms with Gasteiger partial charge in [0, 0.05) is 36.2 Å². The second-order valence-electron chi connectivity index (χ2n) is 6.44. The summed E-state index contributed by atoms with van der Waals surface area (Å²) in [4.78, 5) is 28.4. The zero-order valence-electron chi connectivity index (χ0n) is 14.6. The van der Waals surface area contributed by atoms with Crippen LogP contribution in [0, 0.1) is 5.82 Å². The molecule has 1 fully saturated rings. The number of carbonyl (C=O) groups excluding carboxylic acids is 2. The average Bonchev–Trinajstić information content (AvgIpc) is 2.66. The molecular weight excluding hydrogens is 390 g/mol. The molecule has 0 radical (unpaired) electrons. The normalized spacial score (nSPS) is 14.3. The van der Waals surface area contributed by atoms with E-state index < -0.39 is 0 Å². The van der Waals surface area contributed by atoms with E-state index in [0.717, 1.165) is 5.56 Å². The van der Waals surface area contributed by atoms with Gasteiger partial charge in [0.15, 0.2) is 0 Å². The lowest BCUT2D eigenvalue weighted by Crippen LogP contribution is -2.51. The van der Waals surface area contributed by atoms with Gasteiger partial charge >= 0.3 is 0 Å². The molecule has 0 bridgehead atoms. The number of hydrogen-bond donors (Lipinski definition) is 0. The van der Waals surface area contributed by atoms with Crippen molar-refractivity contribution < 1.29 is 14.0 Å². The van der Waals surface area contributed by atoms with E-state index in [-0.39, 0.29) is 30.5 Å². The van der Waals surface area contributed by atoms with Crippen molar-refractivity contribution >= 4 is 35.0 Å². The van der Waals surface area contributed by atoms with Crippen LogP contribution < -0.4 is 0 Å². The van der Waals surface area contributed by atoms with Crippen molar-refractivity contribution in [2.45, 2.75) is 12.8 Å². The molecule has 4 nitrogen and oxygen atoms in total. The second-order valence-corrected chi connectivity index (χ2v) is 7.26. The number of benzene rings is 2. The van der Waals surface area contributed by atoms with Crippen molar-refractivity contribution in [1.82, 2.24) is 9.80 Å². The van der Waals surface area contributed by atoms with Gasteiger partial charge in [0.2, 0.25) is 11.8 Å². The summed E-state index contributed by atoms with van der Waals surface area (Å²) in [7, 11) is 0. The van der Waals surface area contributed by atoms with Crippen molar-refractivity contribution in [3.63, 3.8) is 0 Å². The van der Waals surface area contributed by atoms with E-state index >= 15 is 0 Å². The molecule has 1 saturated heterocycles. The van der Waals surface area contributed by atoms with Crippen LogP contribution in [-0.2, 0) is 22.4 Å². The Morgan fingerprint density at radius 2 is 1.30 bits per heavy atom. The van der Waals surface area contributed by atoms with Crippen molar-refractivity contribution in [1.29, 1.82) is 0 Å². The predicted octanol–water partition coefficient (Wildman–Crippen LogP) is 3.59. The van der Waals surface area contributed by atoms with Crippen molar-refractivity contribution in [3.05, 3.63) is 69.5 Å². The molecule has 27 heavy (non-hydrogen) atoms. The molecule has 3 rings (SSSR count). The zero-order chi connectivity index (χ0) is 19.4. The standard InChI is InChI=1S/C20H19Cl2FN2O2/c21-17-2-1-3-18(22)16(17)13-20(27)25-10-8-24(9-11-25)19(26)12-14-4-6-15(23)7-5-14/h1-7H,8-13H2. The lowest BCUT2D eigenvalue weighted by atomic mass is 10.1. The fraction of sp³-hybridized carbons (Fsp3) is 0.300. The third-order valence-corrected chi connectivity index (χ3v) is 5.35. The Bertz CT molecular complexity index is 814. The van der Waals surface area contributed by atoms with E-state index in [1.807, 2.05) is 0 Å². The molecule has 2 amide bonds. The molecule has 2 aromatic carbocycles. The molecule has 0 atom stereocenters. The average molecular weight is 409 g/mol. The van der Waals surface area contributed by atoms with Crippen LogP contribution >= 0.6 is 23.2 Å². The Kier molecular flexibility index (Phi) is 6.34. The lowest BCUT2D eigenvalue weighted by molar-refractivity contribution is -0.138. The molecule has 7 heteroatoms. The molecule has 0 saturated carbocycles. The van der Waals surface area contributed by atoms with E-state index in [0.29, 0.717) is 41.8 Å². The van der Waals surface area contributed by atoms with Crippen LogP contribution in [0.2, 0.25) is 10.0 Å². The Balaban J connectivity index is 1.53. The summed E-state index contributed by atoms with van der Waals surface area (Å²) in [5.41, 5.74) is 1.40. The third kappa shape index (κ3) is 4.99. The van der Waals surface area contributed by atoms with Crippen LogP contribution in [-0.4, -0.2) is 47.8 Å². The maximum absolute atomic E-state index is 13.0. The first-order chi connectivity index (χ1) is 12.9. The molecule has 1 aliphatic rings. The summed E-state index contributed by atoms with van der Waals surface area (Å²) < 4.78 is 13.0. The predicted molar refractivity (Wildman–Crippen MR) is 103 cm³/mol. The van der Waals surface area contributed by atoms with Crippen molar-refractivity contribution in [2.75, 3.05) is 26.2 Å². The number of carbonyl (C=O) groups is 2. The van der Waals surface area contributed by atoms with E-state index in [9.17, 15) is 14.0 Å². The van der Waals surface area contributed by atoms with Crippen molar-refractivity contribution in [3.8, 4) is 0 Å². The SMILES string of the molecule is O=C(Cc1ccc(F)cc1)N1CCN(C(=O)Cc2c(Cl)cccc2Cl)CC1. The van der Waals surface area contributed by atoms with Gasteiger partial charge in [0.25, 0.3) is 0 Å². The van der Waals surface area contributed by atoms with Gasteiger partial charge < -0.3 is 9.80 Å². The summed E-state index contributed by atoms with van der Waals surface area (Å²) in [6.45, 7) is 1.89. The van der Waals surface area contributed by atoms with Crippen LogP contribution in [0.15, 0.2) is 42.5 Å². The first-order valence-corrected chi connectivity index (χ1v) is 9.42. The van der Waals surface area contributed by atoms with E-state index in [1.54, 1.807) is 40.1 Å². The van der Waals surface area contributed by atoms with E-state index in [1.165, 1.54) is 12.1 Å². The largest absolute Gasteiger partial charge is 0.339 e. The summed E-state index contributed by atoms with van der Waals surface area (Å²) in [6.07, 6.45) is 0.367. The summed E-state index contributed by atoms with van der Waals surface area (Å²) in [5.74, 6) is -0.407.